The van der Waals surface area contributed by atoms with Gasteiger partial charge in [-0.05, 0) is 62.7 Å². The smallest absolute Gasteiger partial charge is 0.417 e. The third-order valence-electron chi connectivity index (χ3n) is 4.72. The predicted octanol–water partition coefficient (Wildman–Crippen LogP) is 3.94. The van der Waals surface area contributed by atoms with Crippen LogP contribution in [0.25, 0.3) is 11.1 Å². The summed E-state index contributed by atoms with van der Waals surface area (Å²) in [7, 11) is 0. The number of rotatable bonds is 12. The highest BCUT2D eigenvalue weighted by Crippen LogP contribution is 2.22. The van der Waals surface area contributed by atoms with Crippen LogP contribution in [0, 0.1) is 11.3 Å². The van der Waals surface area contributed by atoms with Gasteiger partial charge in [0.2, 0.25) is 0 Å². The van der Waals surface area contributed by atoms with Gasteiger partial charge in [0, 0.05) is 6.54 Å². The van der Waals surface area contributed by atoms with E-state index in [1.807, 2.05) is 24.3 Å². The van der Waals surface area contributed by atoms with Crippen LogP contribution in [0.5, 0.6) is 11.5 Å². The number of ether oxygens (including phenoxy) is 2. The summed E-state index contributed by atoms with van der Waals surface area (Å²) in [5.41, 5.74) is 1.71. The maximum absolute atomic E-state index is 11.4. The van der Waals surface area contributed by atoms with Gasteiger partial charge in [0.1, 0.15) is 12.4 Å². The number of unbranched alkanes of at least 4 members (excludes halogenated alkanes) is 1. The van der Waals surface area contributed by atoms with E-state index in [0.717, 1.165) is 44.6 Å². The summed E-state index contributed by atoms with van der Waals surface area (Å²) in [4.78, 5) is 16.4. The van der Waals surface area contributed by atoms with E-state index in [2.05, 4.69) is 22.9 Å². The van der Waals surface area contributed by atoms with Crippen LogP contribution >= 0.6 is 0 Å². The van der Waals surface area contributed by atoms with E-state index >= 15 is 0 Å². The van der Waals surface area contributed by atoms with E-state index in [9.17, 15) is 4.79 Å². The van der Waals surface area contributed by atoms with Crippen LogP contribution in [-0.4, -0.2) is 42.7 Å². The van der Waals surface area contributed by atoms with E-state index in [1.165, 1.54) is 0 Å². The normalized spacial score (nSPS) is 11.0. The maximum atomic E-state index is 11.4. The number of para-hydroxylation sites is 1. The van der Waals surface area contributed by atoms with Gasteiger partial charge in [0.25, 0.3) is 0 Å². The highest BCUT2D eigenvalue weighted by atomic mass is 16.5. The standard InChI is InChI=1S/C23H27N3O4/c1-2-11-26(12-3-4-14-28-19-8-5-7-18(16-19)17-24)13-15-29-21-10-6-9-20-22(21)30-23(27)25-20/h5-10,16H,2-4,11-15H2,1H3,(H,25,27). The Kier molecular flexibility index (Phi) is 7.93. The van der Waals surface area contributed by atoms with Crippen molar-refractivity contribution in [3.63, 3.8) is 0 Å². The summed E-state index contributed by atoms with van der Waals surface area (Å²) in [5.74, 6) is 0.837. The molecule has 7 nitrogen and oxygen atoms in total. The molecule has 0 unspecified atom stereocenters. The first-order chi connectivity index (χ1) is 14.7. The van der Waals surface area contributed by atoms with Gasteiger partial charge >= 0.3 is 5.76 Å². The predicted molar refractivity (Wildman–Crippen MR) is 115 cm³/mol. The van der Waals surface area contributed by atoms with Crippen LogP contribution in [-0.2, 0) is 0 Å². The Morgan fingerprint density at radius 2 is 1.93 bits per heavy atom. The Morgan fingerprint density at radius 3 is 2.77 bits per heavy atom. The topological polar surface area (TPSA) is 91.5 Å². The number of hydrogen-bond donors (Lipinski definition) is 1. The SMILES string of the molecule is CCCN(CCCCOc1cccc(C#N)c1)CCOc1cccc2[nH]c(=O)oc12. The highest BCUT2D eigenvalue weighted by molar-refractivity contribution is 5.78. The van der Waals surface area contributed by atoms with Gasteiger partial charge in [0.15, 0.2) is 11.3 Å². The summed E-state index contributed by atoms with van der Waals surface area (Å²) in [6.45, 7) is 6.06. The lowest BCUT2D eigenvalue weighted by atomic mass is 10.2. The van der Waals surface area contributed by atoms with E-state index < -0.39 is 5.76 Å². The van der Waals surface area contributed by atoms with E-state index in [0.29, 0.717) is 35.6 Å². The number of aromatic amines is 1. The fourth-order valence-corrected chi connectivity index (χ4v) is 3.28. The van der Waals surface area contributed by atoms with Gasteiger partial charge in [-0.25, -0.2) is 4.79 Å². The Balaban J connectivity index is 1.40. The molecule has 0 aliphatic rings. The van der Waals surface area contributed by atoms with Crippen molar-refractivity contribution in [1.82, 2.24) is 9.88 Å². The zero-order valence-corrected chi connectivity index (χ0v) is 17.2. The van der Waals surface area contributed by atoms with Gasteiger partial charge in [-0.2, -0.15) is 5.26 Å². The number of benzene rings is 2. The first-order valence-corrected chi connectivity index (χ1v) is 10.3. The lowest BCUT2D eigenvalue weighted by molar-refractivity contribution is 0.201. The second-order valence-corrected chi connectivity index (χ2v) is 7.03. The average Bonchev–Trinajstić information content (AvgIpc) is 3.14. The Labute approximate surface area is 175 Å². The molecule has 30 heavy (non-hydrogen) atoms. The molecule has 0 atom stereocenters. The molecule has 0 amide bonds. The first kappa shape index (κ1) is 21.5. The summed E-state index contributed by atoms with van der Waals surface area (Å²) in [6.07, 6.45) is 3.02. The lowest BCUT2D eigenvalue weighted by Crippen LogP contribution is -2.30. The Bertz CT molecular complexity index is 1030. The molecule has 0 fully saturated rings. The van der Waals surface area contributed by atoms with Crippen LogP contribution in [0.4, 0.5) is 0 Å². The molecule has 3 aromatic rings. The molecular weight excluding hydrogens is 382 g/mol. The molecule has 158 valence electrons. The van der Waals surface area contributed by atoms with Crippen molar-refractivity contribution in [2.75, 3.05) is 32.8 Å². The van der Waals surface area contributed by atoms with Crippen molar-refractivity contribution in [2.45, 2.75) is 26.2 Å². The summed E-state index contributed by atoms with van der Waals surface area (Å²) >= 11 is 0. The monoisotopic (exact) mass is 409 g/mol. The maximum Gasteiger partial charge on any atom is 0.417 e. The van der Waals surface area contributed by atoms with Gasteiger partial charge in [-0.15, -0.1) is 0 Å². The minimum absolute atomic E-state index is 0.460. The molecule has 1 heterocycles. The van der Waals surface area contributed by atoms with Crippen LogP contribution in [0.3, 0.4) is 0 Å². The fraction of sp³-hybridized carbons (Fsp3) is 0.391. The van der Waals surface area contributed by atoms with Crippen molar-refractivity contribution in [1.29, 1.82) is 5.26 Å². The molecule has 3 rings (SSSR count). The Hall–Kier alpha value is -3.24. The van der Waals surface area contributed by atoms with E-state index in [1.54, 1.807) is 18.2 Å². The van der Waals surface area contributed by atoms with Crippen molar-refractivity contribution in [3.8, 4) is 17.6 Å². The average molecular weight is 409 g/mol. The van der Waals surface area contributed by atoms with Crippen LogP contribution in [0.1, 0.15) is 31.7 Å². The number of hydrogen-bond acceptors (Lipinski definition) is 6. The van der Waals surface area contributed by atoms with Crippen LogP contribution in [0.15, 0.2) is 51.7 Å². The molecule has 1 N–H and O–H groups in total. The fourth-order valence-electron chi connectivity index (χ4n) is 3.28. The lowest BCUT2D eigenvalue weighted by Gasteiger charge is -2.21. The van der Waals surface area contributed by atoms with Gasteiger partial charge < -0.3 is 13.9 Å². The minimum atomic E-state index is -0.477. The molecule has 0 aliphatic carbocycles. The number of H-pyrrole nitrogens is 1. The van der Waals surface area contributed by atoms with Crippen LogP contribution < -0.4 is 15.2 Å². The molecule has 7 heteroatoms. The number of nitrogens with zero attached hydrogens (tertiary/aromatic N) is 2. The molecule has 2 aromatic carbocycles. The molecule has 0 bridgehead atoms. The van der Waals surface area contributed by atoms with Crippen molar-refractivity contribution in [3.05, 3.63) is 58.6 Å². The first-order valence-electron chi connectivity index (χ1n) is 10.3. The van der Waals surface area contributed by atoms with E-state index in [4.69, 9.17) is 19.2 Å². The molecule has 0 spiro atoms. The summed E-state index contributed by atoms with van der Waals surface area (Å²) in [6, 6.07) is 14.8. The Morgan fingerprint density at radius 1 is 1.07 bits per heavy atom. The largest absolute Gasteiger partial charge is 0.494 e. The van der Waals surface area contributed by atoms with Gasteiger partial charge in [0.05, 0.1) is 23.8 Å². The molecule has 1 aromatic heterocycles. The van der Waals surface area contributed by atoms with Crippen molar-refractivity contribution >= 4 is 11.1 Å². The number of aromatic nitrogens is 1. The molecule has 0 saturated carbocycles. The summed E-state index contributed by atoms with van der Waals surface area (Å²) < 4.78 is 16.8. The van der Waals surface area contributed by atoms with Crippen molar-refractivity contribution < 1.29 is 13.9 Å². The zero-order valence-electron chi connectivity index (χ0n) is 17.2. The second-order valence-electron chi connectivity index (χ2n) is 7.03. The van der Waals surface area contributed by atoms with E-state index in [-0.39, 0.29) is 0 Å². The van der Waals surface area contributed by atoms with Gasteiger partial charge in [-0.3, -0.25) is 9.88 Å². The van der Waals surface area contributed by atoms with Crippen molar-refractivity contribution in [2.24, 2.45) is 0 Å². The third-order valence-corrected chi connectivity index (χ3v) is 4.72. The van der Waals surface area contributed by atoms with Crippen LogP contribution in [0.2, 0.25) is 0 Å². The highest BCUT2D eigenvalue weighted by Gasteiger charge is 2.09. The molecule has 0 radical (unpaired) electrons. The zero-order chi connectivity index (χ0) is 21.2. The molecule has 0 saturated heterocycles. The number of nitriles is 1. The quantitative estimate of drug-likeness (QED) is 0.456. The number of oxazole rings is 1. The number of fused-ring (bicyclic) bond motifs is 1. The minimum Gasteiger partial charge on any atom is -0.494 e. The van der Waals surface area contributed by atoms with Gasteiger partial charge in [-0.1, -0.05) is 19.1 Å². The second kappa shape index (κ2) is 11.1. The summed E-state index contributed by atoms with van der Waals surface area (Å²) in [5, 5.41) is 8.94. The molecular formula is C23H27N3O4. The number of nitrogens with one attached hydrogen (secondary N) is 1. The molecule has 0 aliphatic heterocycles. The third kappa shape index (κ3) is 6.13.